The van der Waals surface area contributed by atoms with Crippen molar-refractivity contribution in [3.05, 3.63) is 12.3 Å². The maximum atomic E-state index is 11.5. The molecule has 0 unspecified atom stereocenters. The zero-order valence-corrected chi connectivity index (χ0v) is 12.1. The smallest absolute Gasteiger partial charge is 0.372 e. The summed E-state index contributed by atoms with van der Waals surface area (Å²) in [4.78, 5) is 11.5. The van der Waals surface area contributed by atoms with Crippen LogP contribution in [0.5, 0.6) is 0 Å². The molecule has 1 N–H and O–H groups in total. The third kappa shape index (κ3) is 4.33. The highest BCUT2D eigenvalue weighted by Gasteiger charge is 2.39. The molecule has 0 aliphatic carbocycles. The molecule has 0 aromatic rings. The first kappa shape index (κ1) is 15.0. The molecule has 1 fully saturated rings. The van der Waals surface area contributed by atoms with E-state index >= 15 is 0 Å². The van der Waals surface area contributed by atoms with E-state index in [9.17, 15) is 4.79 Å². The molecule has 1 saturated heterocycles. The number of carbonyl (C=O) groups is 1. The average molecular weight is 255 g/mol. The summed E-state index contributed by atoms with van der Waals surface area (Å²) < 4.78 is 10.5. The third-order valence-electron chi connectivity index (χ3n) is 2.96. The Hall–Kier alpha value is -1.03. The molecule has 0 radical (unpaired) electrons. The van der Waals surface area contributed by atoms with Gasteiger partial charge >= 0.3 is 5.97 Å². The van der Waals surface area contributed by atoms with Crippen LogP contribution in [0.25, 0.3) is 0 Å². The summed E-state index contributed by atoms with van der Waals surface area (Å²) in [7, 11) is 0. The number of rotatable bonds is 4. The molecule has 1 aliphatic heterocycles. The van der Waals surface area contributed by atoms with Gasteiger partial charge in [-0.25, -0.2) is 4.79 Å². The number of carbonyl (C=O) groups excluding carboxylic acids is 1. The highest BCUT2D eigenvalue weighted by Crippen LogP contribution is 2.31. The van der Waals surface area contributed by atoms with E-state index < -0.39 is 5.97 Å². The lowest BCUT2D eigenvalue weighted by Gasteiger charge is -2.46. The van der Waals surface area contributed by atoms with Gasteiger partial charge in [0, 0.05) is 23.9 Å². The lowest BCUT2D eigenvalue weighted by atomic mass is 9.81. The van der Waals surface area contributed by atoms with Crippen molar-refractivity contribution in [2.45, 2.75) is 64.6 Å². The molecule has 0 aromatic carbocycles. The minimum absolute atomic E-state index is 0.00634. The fraction of sp³-hybridized carbons (Fsp3) is 0.786. The Labute approximate surface area is 110 Å². The SMILES string of the molecule is C=C(OC1CC(C)(C)NC(C)(C)C1)C(=O)OCC. The number of piperidine rings is 1. The summed E-state index contributed by atoms with van der Waals surface area (Å²) in [5, 5.41) is 3.56. The molecule has 4 heteroatoms. The van der Waals surface area contributed by atoms with Gasteiger partial charge in [0.25, 0.3) is 0 Å². The van der Waals surface area contributed by atoms with Crippen LogP contribution >= 0.6 is 0 Å². The molecular formula is C14H25NO3. The summed E-state index contributed by atoms with van der Waals surface area (Å²) in [5.74, 6) is -0.359. The van der Waals surface area contributed by atoms with Gasteiger partial charge in [-0.3, -0.25) is 0 Å². The molecule has 0 aromatic heterocycles. The molecule has 0 amide bonds. The number of esters is 1. The van der Waals surface area contributed by atoms with Crippen molar-refractivity contribution in [2.75, 3.05) is 6.61 Å². The molecule has 104 valence electrons. The van der Waals surface area contributed by atoms with Crippen molar-refractivity contribution in [1.82, 2.24) is 5.32 Å². The molecule has 0 atom stereocenters. The molecule has 4 nitrogen and oxygen atoms in total. The first-order valence-corrected chi connectivity index (χ1v) is 6.47. The summed E-state index contributed by atoms with van der Waals surface area (Å²) in [6.07, 6.45) is 1.68. The topological polar surface area (TPSA) is 47.6 Å². The lowest BCUT2D eigenvalue weighted by molar-refractivity contribution is -0.144. The lowest BCUT2D eigenvalue weighted by Crippen LogP contribution is -2.59. The molecule has 18 heavy (non-hydrogen) atoms. The standard InChI is InChI=1S/C14H25NO3/c1-7-17-12(16)10(2)18-11-8-13(3,4)15-14(5,6)9-11/h11,15H,2,7-9H2,1,3-6H3. The molecule has 1 aliphatic rings. The average Bonchev–Trinajstić information content (AvgIpc) is 2.12. The summed E-state index contributed by atoms with van der Waals surface area (Å²) in [5.41, 5.74) is -0.0251. The predicted molar refractivity (Wildman–Crippen MR) is 71.2 cm³/mol. The van der Waals surface area contributed by atoms with Gasteiger partial charge in [-0.05, 0) is 41.2 Å². The molecule has 0 bridgehead atoms. The van der Waals surface area contributed by atoms with Gasteiger partial charge in [0.2, 0.25) is 0 Å². The van der Waals surface area contributed by atoms with Crippen LogP contribution in [0.3, 0.4) is 0 Å². The van der Waals surface area contributed by atoms with Crippen molar-refractivity contribution in [3.63, 3.8) is 0 Å². The second kappa shape index (κ2) is 5.31. The maximum Gasteiger partial charge on any atom is 0.372 e. The summed E-state index contributed by atoms with van der Waals surface area (Å²) in [6.45, 7) is 14.3. The molecule has 0 spiro atoms. The van der Waals surface area contributed by atoms with Gasteiger partial charge in [0.1, 0.15) is 6.10 Å². The minimum Gasteiger partial charge on any atom is -0.484 e. The van der Waals surface area contributed by atoms with E-state index in [1.54, 1.807) is 6.92 Å². The van der Waals surface area contributed by atoms with Crippen molar-refractivity contribution >= 4 is 5.97 Å². The number of hydrogen-bond donors (Lipinski definition) is 1. The Kier molecular flexibility index (Phi) is 4.43. The maximum absolute atomic E-state index is 11.5. The Morgan fingerprint density at radius 2 is 1.78 bits per heavy atom. The van der Waals surface area contributed by atoms with Crippen molar-refractivity contribution < 1.29 is 14.3 Å². The Bertz CT molecular complexity index is 318. The summed E-state index contributed by atoms with van der Waals surface area (Å²) >= 11 is 0. The zero-order chi connectivity index (χ0) is 14.0. The fourth-order valence-corrected chi connectivity index (χ4v) is 2.77. The van der Waals surface area contributed by atoms with Crippen molar-refractivity contribution in [2.24, 2.45) is 0 Å². The Morgan fingerprint density at radius 1 is 1.28 bits per heavy atom. The van der Waals surface area contributed by atoms with Gasteiger partial charge in [0.05, 0.1) is 6.61 Å². The van der Waals surface area contributed by atoms with Gasteiger partial charge in [-0.1, -0.05) is 0 Å². The van der Waals surface area contributed by atoms with E-state index in [1.165, 1.54) is 0 Å². The largest absolute Gasteiger partial charge is 0.484 e. The van der Waals surface area contributed by atoms with Gasteiger partial charge < -0.3 is 14.8 Å². The quantitative estimate of drug-likeness (QED) is 0.476. The van der Waals surface area contributed by atoms with Crippen molar-refractivity contribution in [1.29, 1.82) is 0 Å². The number of ether oxygens (including phenoxy) is 2. The summed E-state index contributed by atoms with van der Waals surface area (Å²) in [6, 6.07) is 0. The van der Waals surface area contributed by atoms with Gasteiger partial charge in [-0.2, -0.15) is 0 Å². The molecule has 1 rings (SSSR count). The Morgan fingerprint density at radius 3 is 2.22 bits per heavy atom. The zero-order valence-electron chi connectivity index (χ0n) is 12.1. The highest BCUT2D eigenvalue weighted by atomic mass is 16.6. The van der Waals surface area contributed by atoms with Crippen LogP contribution in [0.2, 0.25) is 0 Å². The predicted octanol–water partition coefficient (Wildman–Crippen LogP) is 2.39. The van der Waals surface area contributed by atoms with Crippen LogP contribution < -0.4 is 5.32 Å². The van der Waals surface area contributed by atoms with Crippen LogP contribution in [0.1, 0.15) is 47.5 Å². The molecule has 1 heterocycles. The molecule has 0 saturated carbocycles. The van der Waals surface area contributed by atoms with E-state index in [2.05, 4.69) is 39.6 Å². The van der Waals surface area contributed by atoms with E-state index in [4.69, 9.17) is 9.47 Å². The van der Waals surface area contributed by atoms with Crippen LogP contribution in [-0.4, -0.2) is 29.8 Å². The van der Waals surface area contributed by atoms with E-state index in [1.807, 2.05) is 0 Å². The van der Waals surface area contributed by atoms with Crippen LogP contribution in [0.4, 0.5) is 0 Å². The second-order valence-electron chi connectivity index (χ2n) is 6.18. The van der Waals surface area contributed by atoms with Gasteiger partial charge in [-0.15, -0.1) is 0 Å². The first-order valence-electron chi connectivity index (χ1n) is 6.47. The Balaban J connectivity index is 2.62. The van der Waals surface area contributed by atoms with E-state index in [0.717, 1.165) is 12.8 Å². The minimum atomic E-state index is -0.466. The van der Waals surface area contributed by atoms with Crippen LogP contribution in [0.15, 0.2) is 12.3 Å². The first-order chi connectivity index (χ1) is 8.15. The number of hydrogen-bond acceptors (Lipinski definition) is 4. The third-order valence-corrected chi connectivity index (χ3v) is 2.96. The highest BCUT2D eigenvalue weighted by molar-refractivity contribution is 5.85. The second-order valence-corrected chi connectivity index (χ2v) is 6.18. The van der Waals surface area contributed by atoms with E-state index in [-0.39, 0.29) is 22.9 Å². The van der Waals surface area contributed by atoms with Crippen molar-refractivity contribution in [3.8, 4) is 0 Å². The van der Waals surface area contributed by atoms with Crippen LogP contribution in [-0.2, 0) is 14.3 Å². The van der Waals surface area contributed by atoms with E-state index in [0.29, 0.717) is 6.61 Å². The fourth-order valence-electron chi connectivity index (χ4n) is 2.77. The number of nitrogens with one attached hydrogen (secondary N) is 1. The monoisotopic (exact) mass is 255 g/mol. The normalized spacial score (nSPS) is 22.3. The molecular weight excluding hydrogens is 230 g/mol. The van der Waals surface area contributed by atoms with Crippen LogP contribution in [0, 0.1) is 0 Å². The van der Waals surface area contributed by atoms with Gasteiger partial charge in [0.15, 0.2) is 5.76 Å².